The molecule has 0 unspecified atom stereocenters. The molecular formula is C10H18O4. The maximum atomic E-state index is 10.5. The van der Waals surface area contributed by atoms with E-state index in [2.05, 4.69) is 9.47 Å². The molecule has 0 aromatic rings. The van der Waals surface area contributed by atoms with Crippen molar-refractivity contribution < 1.29 is 19.4 Å². The summed E-state index contributed by atoms with van der Waals surface area (Å²) in [4.78, 5) is 10.5. The summed E-state index contributed by atoms with van der Waals surface area (Å²) in [6, 6.07) is 0. The SMILES string of the molecule is CCC(O)(/C=C/COC(=O)OC)CC. The third kappa shape index (κ3) is 4.87. The van der Waals surface area contributed by atoms with Crippen LogP contribution in [0.4, 0.5) is 4.79 Å². The summed E-state index contributed by atoms with van der Waals surface area (Å²) in [7, 11) is 1.25. The number of methoxy groups -OCH3 is 1. The van der Waals surface area contributed by atoms with Crippen LogP contribution in [0.3, 0.4) is 0 Å². The fourth-order valence-corrected chi connectivity index (χ4v) is 0.928. The van der Waals surface area contributed by atoms with Crippen molar-refractivity contribution in [1.82, 2.24) is 0 Å². The summed E-state index contributed by atoms with van der Waals surface area (Å²) < 4.78 is 8.89. The maximum absolute atomic E-state index is 10.5. The van der Waals surface area contributed by atoms with E-state index in [0.717, 1.165) is 0 Å². The van der Waals surface area contributed by atoms with Crippen LogP contribution in [0.15, 0.2) is 12.2 Å². The second kappa shape index (κ2) is 6.43. The standard InChI is InChI=1S/C10H18O4/c1-4-10(12,5-2)7-6-8-14-9(11)13-3/h6-7,12H,4-5,8H2,1-3H3/b7-6+. The molecule has 4 nitrogen and oxygen atoms in total. The highest BCUT2D eigenvalue weighted by Gasteiger charge is 2.17. The number of aliphatic hydroxyl groups is 1. The second-order valence-corrected chi connectivity index (χ2v) is 2.98. The van der Waals surface area contributed by atoms with Crippen LogP contribution < -0.4 is 0 Å². The summed E-state index contributed by atoms with van der Waals surface area (Å²) in [5, 5.41) is 9.79. The van der Waals surface area contributed by atoms with Gasteiger partial charge in [-0.25, -0.2) is 4.79 Å². The molecule has 4 heteroatoms. The summed E-state index contributed by atoms with van der Waals surface area (Å²) >= 11 is 0. The first-order valence-corrected chi connectivity index (χ1v) is 4.68. The zero-order valence-corrected chi connectivity index (χ0v) is 8.95. The fraction of sp³-hybridized carbons (Fsp3) is 0.700. The Bertz CT molecular complexity index is 194. The Morgan fingerprint density at radius 2 is 2.00 bits per heavy atom. The Kier molecular flexibility index (Phi) is 5.95. The lowest BCUT2D eigenvalue weighted by atomic mass is 9.97. The van der Waals surface area contributed by atoms with Crippen molar-refractivity contribution in [2.75, 3.05) is 13.7 Å². The normalized spacial score (nSPS) is 11.7. The van der Waals surface area contributed by atoms with Gasteiger partial charge >= 0.3 is 6.16 Å². The van der Waals surface area contributed by atoms with Gasteiger partial charge in [0.1, 0.15) is 6.61 Å². The largest absolute Gasteiger partial charge is 0.508 e. The highest BCUT2D eigenvalue weighted by molar-refractivity contribution is 5.59. The van der Waals surface area contributed by atoms with Crippen molar-refractivity contribution in [2.45, 2.75) is 32.3 Å². The van der Waals surface area contributed by atoms with Crippen molar-refractivity contribution in [1.29, 1.82) is 0 Å². The summed E-state index contributed by atoms with van der Waals surface area (Å²) in [6.45, 7) is 3.92. The molecule has 82 valence electrons. The molecule has 0 aliphatic heterocycles. The lowest BCUT2D eigenvalue weighted by Gasteiger charge is -2.20. The second-order valence-electron chi connectivity index (χ2n) is 2.98. The molecule has 0 aliphatic carbocycles. The van der Waals surface area contributed by atoms with Gasteiger partial charge < -0.3 is 14.6 Å². The van der Waals surface area contributed by atoms with Gasteiger partial charge in [-0.3, -0.25) is 0 Å². The number of carbonyl (C=O) groups is 1. The first-order chi connectivity index (χ1) is 6.58. The van der Waals surface area contributed by atoms with Gasteiger partial charge in [0.2, 0.25) is 0 Å². The molecule has 0 heterocycles. The Hall–Kier alpha value is -1.03. The highest BCUT2D eigenvalue weighted by Crippen LogP contribution is 2.15. The minimum Gasteiger partial charge on any atom is -0.438 e. The van der Waals surface area contributed by atoms with Crippen molar-refractivity contribution in [3.05, 3.63) is 12.2 Å². The van der Waals surface area contributed by atoms with Crippen molar-refractivity contribution in [2.24, 2.45) is 0 Å². The molecule has 0 amide bonds. The number of hydrogen-bond donors (Lipinski definition) is 1. The molecular weight excluding hydrogens is 184 g/mol. The van der Waals surface area contributed by atoms with Crippen LogP contribution >= 0.6 is 0 Å². The van der Waals surface area contributed by atoms with Gasteiger partial charge in [0.25, 0.3) is 0 Å². The van der Waals surface area contributed by atoms with Gasteiger partial charge in [-0.1, -0.05) is 19.9 Å². The van der Waals surface area contributed by atoms with E-state index < -0.39 is 11.8 Å². The number of carbonyl (C=O) groups excluding carboxylic acids is 1. The topological polar surface area (TPSA) is 55.8 Å². The molecule has 1 N–H and O–H groups in total. The smallest absolute Gasteiger partial charge is 0.438 e. The quantitative estimate of drug-likeness (QED) is 0.546. The predicted molar refractivity (Wildman–Crippen MR) is 53.0 cm³/mol. The monoisotopic (exact) mass is 202 g/mol. The van der Waals surface area contributed by atoms with Gasteiger partial charge in [-0.2, -0.15) is 0 Å². The third-order valence-electron chi connectivity index (χ3n) is 2.12. The molecule has 0 rings (SSSR count). The lowest BCUT2D eigenvalue weighted by molar-refractivity contribution is 0.0747. The van der Waals surface area contributed by atoms with Gasteiger partial charge in [0.05, 0.1) is 12.7 Å². The zero-order chi connectivity index (χ0) is 11.0. The van der Waals surface area contributed by atoms with Gasteiger partial charge in [0, 0.05) is 0 Å². The molecule has 0 bridgehead atoms. The maximum Gasteiger partial charge on any atom is 0.508 e. The van der Waals surface area contributed by atoms with Crippen LogP contribution in [-0.2, 0) is 9.47 Å². The van der Waals surface area contributed by atoms with Crippen LogP contribution in [0, 0.1) is 0 Å². The molecule has 0 saturated heterocycles. The third-order valence-corrected chi connectivity index (χ3v) is 2.12. The predicted octanol–water partition coefficient (Wildman–Crippen LogP) is 1.88. The van der Waals surface area contributed by atoms with Crippen molar-refractivity contribution in [3.8, 4) is 0 Å². The highest BCUT2D eigenvalue weighted by atomic mass is 16.7. The molecule has 0 atom stereocenters. The average Bonchev–Trinajstić information content (AvgIpc) is 2.23. The van der Waals surface area contributed by atoms with Crippen molar-refractivity contribution in [3.63, 3.8) is 0 Å². The number of ether oxygens (including phenoxy) is 2. The molecule has 0 aromatic carbocycles. The number of rotatable bonds is 5. The summed E-state index contributed by atoms with van der Waals surface area (Å²) in [5.41, 5.74) is -0.792. The Morgan fingerprint density at radius 1 is 1.43 bits per heavy atom. The molecule has 0 aliphatic rings. The molecule has 14 heavy (non-hydrogen) atoms. The van der Waals surface area contributed by atoms with Crippen LogP contribution in [0.5, 0.6) is 0 Å². The van der Waals surface area contributed by atoms with E-state index in [1.807, 2.05) is 13.8 Å². The van der Waals surface area contributed by atoms with Gasteiger partial charge in [-0.15, -0.1) is 0 Å². The molecule has 0 aromatic heterocycles. The Balaban J connectivity index is 3.87. The molecule has 0 saturated carbocycles. The number of hydrogen-bond acceptors (Lipinski definition) is 4. The van der Waals surface area contributed by atoms with E-state index in [-0.39, 0.29) is 6.61 Å². The molecule has 0 radical (unpaired) electrons. The van der Waals surface area contributed by atoms with Gasteiger partial charge in [0.15, 0.2) is 0 Å². The first kappa shape index (κ1) is 13.0. The van der Waals surface area contributed by atoms with E-state index in [0.29, 0.717) is 12.8 Å². The van der Waals surface area contributed by atoms with E-state index in [9.17, 15) is 9.90 Å². The minimum absolute atomic E-state index is 0.120. The fourth-order valence-electron chi connectivity index (χ4n) is 0.928. The lowest BCUT2D eigenvalue weighted by Crippen LogP contribution is -2.23. The van der Waals surface area contributed by atoms with Gasteiger partial charge in [-0.05, 0) is 18.9 Å². The van der Waals surface area contributed by atoms with E-state index >= 15 is 0 Å². The summed E-state index contributed by atoms with van der Waals surface area (Å²) in [5.74, 6) is 0. The minimum atomic E-state index is -0.792. The first-order valence-electron chi connectivity index (χ1n) is 4.68. The Labute approximate surface area is 84.5 Å². The molecule has 0 fully saturated rings. The van der Waals surface area contributed by atoms with Crippen LogP contribution in [-0.4, -0.2) is 30.6 Å². The van der Waals surface area contributed by atoms with Crippen LogP contribution in [0.1, 0.15) is 26.7 Å². The van der Waals surface area contributed by atoms with E-state index in [4.69, 9.17) is 0 Å². The van der Waals surface area contributed by atoms with E-state index in [1.54, 1.807) is 12.2 Å². The Morgan fingerprint density at radius 3 is 2.43 bits per heavy atom. The van der Waals surface area contributed by atoms with Crippen LogP contribution in [0.2, 0.25) is 0 Å². The molecule has 0 spiro atoms. The zero-order valence-electron chi connectivity index (χ0n) is 8.95. The average molecular weight is 202 g/mol. The van der Waals surface area contributed by atoms with Crippen LogP contribution in [0.25, 0.3) is 0 Å². The summed E-state index contributed by atoms with van der Waals surface area (Å²) in [6.07, 6.45) is 3.82. The van der Waals surface area contributed by atoms with Crippen molar-refractivity contribution >= 4 is 6.16 Å². The van der Waals surface area contributed by atoms with E-state index in [1.165, 1.54) is 7.11 Å².